The third kappa shape index (κ3) is 5.55. The highest BCUT2D eigenvalue weighted by Crippen LogP contribution is 2.39. The fraction of sp³-hybridized carbons (Fsp3) is 0.583. The van der Waals surface area contributed by atoms with Gasteiger partial charge in [0, 0.05) is 25.1 Å². The zero-order valence-electron chi connectivity index (χ0n) is 18.4. The van der Waals surface area contributed by atoms with Gasteiger partial charge in [-0.05, 0) is 63.1 Å². The highest BCUT2D eigenvalue weighted by atomic mass is 16.4. The summed E-state index contributed by atoms with van der Waals surface area (Å²) >= 11 is 0. The number of allylic oxidation sites excluding steroid dienone is 1. The van der Waals surface area contributed by atoms with E-state index in [1.165, 1.54) is 11.1 Å². The van der Waals surface area contributed by atoms with Crippen LogP contribution in [0.25, 0.3) is 11.5 Å². The highest BCUT2D eigenvalue weighted by molar-refractivity contribution is 5.52. The number of nitrogens with zero attached hydrogens (tertiary/aromatic N) is 3. The van der Waals surface area contributed by atoms with Gasteiger partial charge in [-0.1, -0.05) is 43.2 Å². The molecule has 1 aliphatic carbocycles. The van der Waals surface area contributed by atoms with Gasteiger partial charge in [0.1, 0.15) is 0 Å². The average Bonchev–Trinajstić information content (AvgIpc) is 3.13. The van der Waals surface area contributed by atoms with Crippen molar-refractivity contribution in [3.8, 4) is 11.5 Å². The van der Waals surface area contributed by atoms with Crippen LogP contribution < -0.4 is 0 Å². The number of hydrogen-bond donors (Lipinski definition) is 1. The molecule has 5 heteroatoms. The maximum atomic E-state index is 9.22. The molecule has 1 aliphatic rings. The lowest BCUT2D eigenvalue weighted by Gasteiger charge is -2.38. The molecule has 0 radical (unpaired) electrons. The molecule has 29 heavy (non-hydrogen) atoms. The van der Waals surface area contributed by atoms with Gasteiger partial charge in [-0.3, -0.25) is 0 Å². The normalized spacial score (nSPS) is 22.3. The summed E-state index contributed by atoms with van der Waals surface area (Å²) in [4.78, 5) is 2.23. The highest BCUT2D eigenvalue weighted by Gasteiger charge is 2.33. The minimum atomic E-state index is 0.210. The van der Waals surface area contributed by atoms with Crippen LogP contribution in [-0.4, -0.2) is 46.9 Å². The van der Waals surface area contributed by atoms with E-state index in [1.807, 2.05) is 12.1 Å². The van der Waals surface area contributed by atoms with Crippen LogP contribution in [-0.2, 0) is 6.42 Å². The largest absolute Gasteiger partial charge is 0.421 e. The Kier molecular flexibility index (Phi) is 7.25. The van der Waals surface area contributed by atoms with Crippen LogP contribution in [0, 0.1) is 30.6 Å². The standard InChI is InChI=1S/C24H35N3O2/c1-16(2)22-13-20(18(4)12-21(22)15-27(5)10-11-28)14-23-25-26-24(29-23)19-8-6-17(3)7-9-19/h6-9,12,16,20-22,28H,10-11,13-15H2,1-5H3. The Labute approximate surface area is 174 Å². The molecule has 0 amide bonds. The third-order valence-corrected chi connectivity index (χ3v) is 6.27. The predicted molar refractivity (Wildman–Crippen MR) is 116 cm³/mol. The van der Waals surface area contributed by atoms with Gasteiger partial charge in [-0.2, -0.15) is 0 Å². The fourth-order valence-electron chi connectivity index (χ4n) is 4.47. The lowest BCUT2D eigenvalue weighted by Crippen LogP contribution is -2.36. The van der Waals surface area contributed by atoms with Crippen molar-refractivity contribution < 1.29 is 9.52 Å². The maximum absolute atomic E-state index is 9.22. The van der Waals surface area contributed by atoms with Crippen LogP contribution in [0.15, 0.2) is 40.3 Å². The minimum absolute atomic E-state index is 0.210. The van der Waals surface area contributed by atoms with Crippen LogP contribution in [0.3, 0.4) is 0 Å². The zero-order chi connectivity index (χ0) is 21.0. The van der Waals surface area contributed by atoms with Crippen molar-refractivity contribution in [1.29, 1.82) is 0 Å². The van der Waals surface area contributed by atoms with Gasteiger partial charge in [0.2, 0.25) is 11.8 Å². The Morgan fingerprint density at radius 2 is 1.90 bits per heavy atom. The fourth-order valence-corrected chi connectivity index (χ4v) is 4.47. The van der Waals surface area contributed by atoms with Crippen LogP contribution in [0.5, 0.6) is 0 Å². The summed E-state index contributed by atoms with van der Waals surface area (Å²) in [5.41, 5.74) is 3.60. The number of aliphatic hydroxyl groups is 1. The summed E-state index contributed by atoms with van der Waals surface area (Å²) in [6.45, 7) is 10.9. The SMILES string of the molecule is CC1=CC(CN(C)CCO)C(C(C)C)CC1Cc1nnc(-c2ccc(C)cc2)o1. The Morgan fingerprint density at radius 3 is 2.55 bits per heavy atom. The van der Waals surface area contributed by atoms with E-state index in [1.54, 1.807) is 0 Å². The Balaban J connectivity index is 1.72. The first-order valence-corrected chi connectivity index (χ1v) is 10.7. The van der Waals surface area contributed by atoms with Gasteiger partial charge < -0.3 is 14.4 Å². The molecule has 0 spiro atoms. The molecule has 158 valence electrons. The molecule has 0 bridgehead atoms. The Bertz CT molecular complexity index is 810. The minimum Gasteiger partial charge on any atom is -0.421 e. The lowest BCUT2D eigenvalue weighted by atomic mass is 9.69. The molecule has 0 fully saturated rings. The maximum Gasteiger partial charge on any atom is 0.247 e. The van der Waals surface area contributed by atoms with E-state index in [-0.39, 0.29) is 6.61 Å². The van der Waals surface area contributed by atoms with E-state index < -0.39 is 0 Å². The predicted octanol–water partition coefficient (Wildman–Crippen LogP) is 4.37. The molecule has 2 aromatic rings. The first-order valence-electron chi connectivity index (χ1n) is 10.7. The summed E-state index contributed by atoms with van der Waals surface area (Å²) in [5, 5.41) is 17.8. The van der Waals surface area contributed by atoms with Gasteiger partial charge in [0.05, 0.1) is 6.61 Å². The summed E-state index contributed by atoms with van der Waals surface area (Å²) in [6.07, 6.45) is 4.38. The number of aliphatic hydroxyl groups excluding tert-OH is 1. The van der Waals surface area contributed by atoms with Crippen molar-refractivity contribution >= 4 is 0 Å². The molecule has 0 saturated heterocycles. The topological polar surface area (TPSA) is 62.4 Å². The van der Waals surface area contributed by atoms with E-state index in [4.69, 9.17) is 4.42 Å². The molecular weight excluding hydrogens is 362 g/mol. The number of likely N-dealkylation sites (N-methyl/N-ethyl adjacent to an activating group) is 1. The first kappa shape index (κ1) is 21.7. The van der Waals surface area contributed by atoms with Crippen LogP contribution in [0.1, 0.15) is 38.6 Å². The zero-order valence-corrected chi connectivity index (χ0v) is 18.4. The number of rotatable bonds is 8. The quantitative estimate of drug-likeness (QED) is 0.670. The number of aromatic nitrogens is 2. The van der Waals surface area contributed by atoms with Crippen molar-refractivity contribution in [2.24, 2.45) is 23.7 Å². The Hall–Kier alpha value is -1.98. The van der Waals surface area contributed by atoms with Gasteiger partial charge in [-0.25, -0.2) is 0 Å². The molecule has 0 aliphatic heterocycles. The smallest absolute Gasteiger partial charge is 0.247 e. The second kappa shape index (κ2) is 9.68. The number of benzene rings is 1. The van der Waals surface area contributed by atoms with E-state index in [9.17, 15) is 5.11 Å². The third-order valence-electron chi connectivity index (χ3n) is 6.27. The number of hydrogen-bond acceptors (Lipinski definition) is 5. The molecule has 3 rings (SSSR count). The van der Waals surface area contributed by atoms with Crippen molar-refractivity contribution in [2.75, 3.05) is 26.7 Å². The first-order chi connectivity index (χ1) is 13.9. The second-order valence-corrected chi connectivity index (χ2v) is 8.97. The number of aryl methyl sites for hydroxylation is 1. The monoisotopic (exact) mass is 397 g/mol. The van der Waals surface area contributed by atoms with Crippen molar-refractivity contribution in [1.82, 2.24) is 15.1 Å². The summed E-state index contributed by atoms with van der Waals surface area (Å²) in [5.74, 6) is 3.50. The van der Waals surface area contributed by atoms with Gasteiger partial charge >= 0.3 is 0 Å². The molecule has 1 heterocycles. The molecule has 1 aromatic carbocycles. The Morgan fingerprint density at radius 1 is 1.17 bits per heavy atom. The van der Waals surface area contributed by atoms with Crippen LogP contribution in [0.4, 0.5) is 0 Å². The van der Waals surface area contributed by atoms with E-state index >= 15 is 0 Å². The van der Waals surface area contributed by atoms with Crippen molar-refractivity contribution in [2.45, 2.75) is 40.5 Å². The van der Waals surface area contributed by atoms with E-state index in [0.717, 1.165) is 37.4 Å². The molecule has 3 atom stereocenters. The molecular formula is C24H35N3O2. The summed E-state index contributed by atoms with van der Waals surface area (Å²) in [7, 11) is 2.09. The van der Waals surface area contributed by atoms with E-state index in [2.05, 4.69) is 68.0 Å². The lowest BCUT2D eigenvalue weighted by molar-refractivity contribution is 0.156. The molecule has 1 N–H and O–H groups in total. The van der Waals surface area contributed by atoms with Crippen molar-refractivity contribution in [3.05, 3.63) is 47.4 Å². The molecule has 1 aromatic heterocycles. The van der Waals surface area contributed by atoms with Crippen molar-refractivity contribution in [3.63, 3.8) is 0 Å². The van der Waals surface area contributed by atoms with E-state index in [0.29, 0.717) is 29.6 Å². The summed E-state index contributed by atoms with van der Waals surface area (Å²) < 4.78 is 5.99. The van der Waals surface area contributed by atoms with Crippen LogP contribution >= 0.6 is 0 Å². The molecule has 0 saturated carbocycles. The van der Waals surface area contributed by atoms with Gasteiger partial charge in [-0.15, -0.1) is 10.2 Å². The molecule has 3 unspecified atom stereocenters. The van der Waals surface area contributed by atoms with Gasteiger partial charge in [0.15, 0.2) is 0 Å². The second-order valence-electron chi connectivity index (χ2n) is 8.97. The summed E-state index contributed by atoms with van der Waals surface area (Å²) in [6, 6.07) is 8.18. The average molecular weight is 398 g/mol. The van der Waals surface area contributed by atoms with Crippen LogP contribution in [0.2, 0.25) is 0 Å². The van der Waals surface area contributed by atoms with Gasteiger partial charge in [0.25, 0.3) is 0 Å². The molecule has 5 nitrogen and oxygen atoms in total.